The van der Waals surface area contributed by atoms with E-state index in [1.165, 1.54) is 10.6 Å². The van der Waals surface area contributed by atoms with Crippen molar-refractivity contribution in [3.63, 3.8) is 0 Å². The van der Waals surface area contributed by atoms with Crippen molar-refractivity contribution in [3.8, 4) is 0 Å². The Labute approximate surface area is 131 Å². The van der Waals surface area contributed by atoms with Gasteiger partial charge in [-0.15, -0.1) is 0 Å². The Morgan fingerprint density at radius 2 is 1.82 bits per heavy atom. The molecule has 1 spiro atoms. The lowest BCUT2D eigenvalue weighted by molar-refractivity contribution is -0.187. The van der Waals surface area contributed by atoms with E-state index in [0.29, 0.717) is 39.1 Å². The van der Waals surface area contributed by atoms with E-state index in [-0.39, 0.29) is 24.9 Å². The molecule has 2 saturated heterocycles. The van der Waals surface area contributed by atoms with E-state index in [2.05, 4.69) is 0 Å². The Morgan fingerprint density at radius 3 is 2.32 bits per heavy atom. The topological polar surface area (TPSA) is 76.2 Å². The lowest BCUT2D eigenvalue weighted by atomic mass is 10.0. The lowest BCUT2D eigenvalue weighted by Crippen LogP contribution is -2.48. The molecule has 0 N–H and O–H groups in total. The molecule has 0 bridgehead atoms. The van der Waals surface area contributed by atoms with Crippen LogP contribution in [0.2, 0.25) is 0 Å². The fourth-order valence-electron chi connectivity index (χ4n) is 3.23. The second-order valence-corrected chi connectivity index (χ2v) is 8.28. The molecule has 8 heteroatoms. The highest BCUT2D eigenvalue weighted by atomic mass is 32.2. The zero-order valence-corrected chi connectivity index (χ0v) is 13.8. The predicted molar refractivity (Wildman–Crippen MR) is 79.6 cm³/mol. The molecule has 22 heavy (non-hydrogen) atoms. The highest BCUT2D eigenvalue weighted by Crippen LogP contribution is 2.32. The van der Waals surface area contributed by atoms with Crippen LogP contribution in [-0.4, -0.2) is 74.5 Å². The maximum Gasteiger partial charge on any atom is 0.223 e. The van der Waals surface area contributed by atoms with Crippen molar-refractivity contribution >= 4 is 15.9 Å². The van der Waals surface area contributed by atoms with E-state index in [1.807, 2.05) is 0 Å². The summed E-state index contributed by atoms with van der Waals surface area (Å²) in [5.74, 6) is -0.467. The van der Waals surface area contributed by atoms with Gasteiger partial charge in [0, 0.05) is 44.9 Å². The van der Waals surface area contributed by atoms with Gasteiger partial charge in [0.2, 0.25) is 15.9 Å². The second kappa shape index (κ2) is 6.07. The number of sulfonamides is 1. The molecule has 1 amide bonds. The predicted octanol–water partition coefficient (Wildman–Crippen LogP) is 0.166. The average molecular weight is 332 g/mol. The number of nitrogens with zero attached hydrogens (tertiary/aromatic N) is 2. The molecule has 3 rings (SSSR count). The molecule has 1 saturated carbocycles. The van der Waals surface area contributed by atoms with Crippen molar-refractivity contribution in [3.05, 3.63) is 0 Å². The van der Waals surface area contributed by atoms with Gasteiger partial charge in [0.05, 0.1) is 19.5 Å². The number of likely N-dealkylation sites (tertiary alicyclic amines) is 1. The molecule has 0 aromatic heterocycles. The van der Waals surface area contributed by atoms with Crippen LogP contribution in [0.3, 0.4) is 0 Å². The van der Waals surface area contributed by atoms with Gasteiger partial charge in [-0.2, -0.15) is 4.31 Å². The summed E-state index contributed by atoms with van der Waals surface area (Å²) in [5.41, 5.74) is 0. The largest absolute Gasteiger partial charge is 0.347 e. The molecule has 0 radical (unpaired) electrons. The number of hydrogen-bond donors (Lipinski definition) is 0. The van der Waals surface area contributed by atoms with Gasteiger partial charge in [0.1, 0.15) is 0 Å². The summed E-state index contributed by atoms with van der Waals surface area (Å²) >= 11 is 0. The van der Waals surface area contributed by atoms with Gasteiger partial charge in [-0.25, -0.2) is 8.42 Å². The molecule has 126 valence electrons. The van der Waals surface area contributed by atoms with Gasteiger partial charge >= 0.3 is 0 Å². The van der Waals surface area contributed by atoms with Gasteiger partial charge in [-0.3, -0.25) is 4.79 Å². The molecular formula is C14H24N2O5S. The first kappa shape index (κ1) is 16.2. The van der Waals surface area contributed by atoms with Crippen molar-refractivity contribution in [1.82, 2.24) is 9.21 Å². The molecule has 3 aliphatic rings. The summed E-state index contributed by atoms with van der Waals surface area (Å²) in [6.45, 7) is 2.76. The van der Waals surface area contributed by atoms with Crippen LogP contribution in [0.1, 0.15) is 32.1 Å². The molecule has 7 nitrogen and oxygen atoms in total. The highest BCUT2D eigenvalue weighted by molar-refractivity contribution is 7.88. The van der Waals surface area contributed by atoms with E-state index < -0.39 is 15.8 Å². The Bertz CT molecular complexity index is 515. The fraction of sp³-hybridized carbons (Fsp3) is 0.929. The molecule has 0 unspecified atom stereocenters. The third-order valence-electron chi connectivity index (χ3n) is 4.62. The van der Waals surface area contributed by atoms with Crippen LogP contribution in [0.5, 0.6) is 0 Å². The Kier molecular flexibility index (Phi) is 4.46. The number of amides is 1. The van der Waals surface area contributed by atoms with Gasteiger partial charge in [-0.05, 0) is 12.8 Å². The van der Waals surface area contributed by atoms with Gasteiger partial charge in [0.25, 0.3) is 0 Å². The Hall–Kier alpha value is -0.700. The van der Waals surface area contributed by atoms with E-state index in [1.54, 1.807) is 4.90 Å². The van der Waals surface area contributed by atoms with Crippen LogP contribution >= 0.6 is 0 Å². The van der Waals surface area contributed by atoms with E-state index in [4.69, 9.17) is 9.47 Å². The third-order valence-corrected chi connectivity index (χ3v) is 5.95. The first-order valence-electron chi connectivity index (χ1n) is 7.92. The molecule has 1 aliphatic carbocycles. The van der Waals surface area contributed by atoms with Crippen LogP contribution in [-0.2, 0) is 24.3 Å². The third kappa shape index (κ3) is 3.61. The zero-order chi connectivity index (χ0) is 15.8. The van der Waals surface area contributed by atoms with Gasteiger partial charge in [-0.1, -0.05) is 0 Å². The smallest absolute Gasteiger partial charge is 0.223 e. The summed E-state index contributed by atoms with van der Waals surface area (Å²) in [6, 6.07) is 0.104. The van der Waals surface area contributed by atoms with E-state index >= 15 is 0 Å². The average Bonchev–Trinajstić information content (AvgIpc) is 3.19. The highest BCUT2D eigenvalue weighted by Gasteiger charge is 2.41. The molecule has 2 aliphatic heterocycles. The number of rotatable bonds is 5. The summed E-state index contributed by atoms with van der Waals surface area (Å²) < 4.78 is 36.2. The van der Waals surface area contributed by atoms with E-state index in [0.717, 1.165) is 12.8 Å². The van der Waals surface area contributed by atoms with Crippen LogP contribution in [0.15, 0.2) is 0 Å². The van der Waals surface area contributed by atoms with Gasteiger partial charge < -0.3 is 14.4 Å². The number of hydrogen-bond acceptors (Lipinski definition) is 5. The maximum atomic E-state index is 12.3. The van der Waals surface area contributed by atoms with Gasteiger partial charge in [0.15, 0.2) is 5.79 Å². The van der Waals surface area contributed by atoms with Crippen molar-refractivity contribution in [2.24, 2.45) is 0 Å². The molecule has 3 fully saturated rings. The maximum absolute atomic E-state index is 12.3. The Morgan fingerprint density at radius 1 is 1.23 bits per heavy atom. The molecule has 2 heterocycles. The molecule has 0 atom stereocenters. The first-order valence-corrected chi connectivity index (χ1v) is 9.77. The number of carbonyl (C=O) groups is 1. The van der Waals surface area contributed by atoms with Crippen LogP contribution in [0, 0.1) is 0 Å². The quantitative estimate of drug-likeness (QED) is 0.717. The normalized spacial score (nSPS) is 25.1. The van der Waals surface area contributed by atoms with Crippen molar-refractivity contribution < 1.29 is 22.7 Å². The number of ether oxygens (including phenoxy) is 2. The number of piperidine rings is 1. The van der Waals surface area contributed by atoms with Crippen molar-refractivity contribution in [1.29, 1.82) is 0 Å². The lowest BCUT2D eigenvalue weighted by Gasteiger charge is -2.37. The summed E-state index contributed by atoms with van der Waals surface area (Å²) in [5, 5.41) is 0. The summed E-state index contributed by atoms with van der Waals surface area (Å²) in [4.78, 5) is 14.1. The SMILES string of the molecule is CS(=O)(=O)N(CCC(=O)N1CCC2(CC1)OCCO2)C1CC1. The first-order chi connectivity index (χ1) is 10.4. The minimum Gasteiger partial charge on any atom is -0.347 e. The minimum atomic E-state index is -3.22. The summed E-state index contributed by atoms with van der Waals surface area (Å²) in [7, 11) is -3.22. The van der Waals surface area contributed by atoms with Crippen LogP contribution < -0.4 is 0 Å². The number of carbonyl (C=O) groups excluding carboxylic acids is 1. The standard InChI is InChI=1S/C14H24N2O5S/c1-22(18,19)16(12-2-3-12)7-4-13(17)15-8-5-14(6-9-15)20-10-11-21-14/h12H,2-11H2,1H3. The zero-order valence-electron chi connectivity index (χ0n) is 13.0. The Balaban J connectivity index is 1.48. The molecular weight excluding hydrogens is 308 g/mol. The van der Waals surface area contributed by atoms with Crippen molar-refractivity contribution in [2.45, 2.75) is 43.9 Å². The fourth-order valence-corrected chi connectivity index (χ4v) is 4.40. The van der Waals surface area contributed by atoms with Crippen LogP contribution in [0.25, 0.3) is 0 Å². The molecule has 0 aromatic rings. The molecule has 0 aromatic carbocycles. The van der Waals surface area contributed by atoms with E-state index in [9.17, 15) is 13.2 Å². The summed E-state index contributed by atoms with van der Waals surface area (Å²) in [6.07, 6.45) is 4.66. The van der Waals surface area contributed by atoms with Crippen molar-refractivity contribution in [2.75, 3.05) is 39.1 Å². The second-order valence-electron chi connectivity index (χ2n) is 6.34. The minimum absolute atomic E-state index is 0.0159. The monoisotopic (exact) mass is 332 g/mol. The van der Waals surface area contributed by atoms with Crippen LogP contribution in [0.4, 0.5) is 0 Å².